The van der Waals surface area contributed by atoms with Crippen LogP contribution < -0.4 is 15.8 Å². The minimum absolute atomic E-state index is 0.212. The molecule has 34 heavy (non-hydrogen) atoms. The Balaban J connectivity index is 1.65. The number of methoxy groups -OCH3 is 1. The number of nitriles is 1. The molecule has 172 valence electrons. The Morgan fingerprint density at radius 3 is 2.53 bits per heavy atom. The van der Waals surface area contributed by atoms with E-state index in [9.17, 15) is 14.9 Å². The van der Waals surface area contributed by atoms with Gasteiger partial charge in [-0.05, 0) is 55.8 Å². The Labute approximate surface area is 203 Å². The highest BCUT2D eigenvalue weighted by molar-refractivity contribution is 7.21. The first-order valence-corrected chi connectivity index (χ1v) is 11.9. The largest absolute Gasteiger partial charge is 0.497 e. The van der Waals surface area contributed by atoms with Crippen molar-refractivity contribution < 1.29 is 19.1 Å². The summed E-state index contributed by atoms with van der Waals surface area (Å²) in [4.78, 5) is 31.1. The van der Waals surface area contributed by atoms with Gasteiger partial charge in [0.05, 0.1) is 30.7 Å². The van der Waals surface area contributed by atoms with Crippen LogP contribution in [0.5, 0.6) is 5.75 Å². The van der Waals surface area contributed by atoms with Crippen molar-refractivity contribution in [1.82, 2.24) is 4.98 Å². The van der Waals surface area contributed by atoms with Crippen LogP contribution in [0.25, 0.3) is 21.5 Å². The van der Waals surface area contributed by atoms with E-state index in [4.69, 9.17) is 15.2 Å². The molecule has 0 aliphatic heterocycles. The van der Waals surface area contributed by atoms with Gasteiger partial charge in [-0.25, -0.2) is 9.78 Å². The van der Waals surface area contributed by atoms with E-state index >= 15 is 0 Å². The molecule has 4 aromatic rings. The number of thiophene rings is 2. The highest BCUT2D eigenvalue weighted by atomic mass is 32.1. The third kappa shape index (κ3) is 4.19. The van der Waals surface area contributed by atoms with Crippen molar-refractivity contribution >= 4 is 55.5 Å². The van der Waals surface area contributed by atoms with E-state index in [0.29, 0.717) is 21.5 Å². The lowest BCUT2D eigenvalue weighted by Gasteiger charge is -2.03. The molecule has 0 fully saturated rings. The molecule has 0 atom stereocenters. The number of amides is 1. The molecule has 0 bridgehead atoms. The highest BCUT2D eigenvalue weighted by Gasteiger charge is 2.24. The maximum Gasteiger partial charge on any atom is 0.348 e. The van der Waals surface area contributed by atoms with Gasteiger partial charge in [0.2, 0.25) is 0 Å². The topological polar surface area (TPSA) is 127 Å². The standard InChI is InChI=1S/C24H20N4O4S2/c1-4-32-24(30)19-12(2)16(11-25)23(33-19)28-21(29)20-18(26)15-9-10-17(27-22(15)34-20)13-5-7-14(31-3)8-6-13/h5-10H,4,26H2,1-3H3,(H,28,29). The summed E-state index contributed by atoms with van der Waals surface area (Å²) in [6.07, 6.45) is 0. The molecule has 0 saturated carbocycles. The summed E-state index contributed by atoms with van der Waals surface area (Å²) in [6, 6.07) is 13.2. The van der Waals surface area contributed by atoms with Crippen LogP contribution in [0.2, 0.25) is 0 Å². The molecule has 10 heteroatoms. The fourth-order valence-corrected chi connectivity index (χ4v) is 5.41. The fourth-order valence-electron chi connectivity index (χ4n) is 3.38. The van der Waals surface area contributed by atoms with Gasteiger partial charge in [-0.2, -0.15) is 5.26 Å². The number of nitrogen functional groups attached to an aromatic ring is 1. The van der Waals surface area contributed by atoms with Gasteiger partial charge in [0.1, 0.15) is 31.4 Å². The predicted octanol–water partition coefficient (Wildman–Crippen LogP) is 5.22. The lowest BCUT2D eigenvalue weighted by atomic mass is 10.1. The maximum absolute atomic E-state index is 13.1. The van der Waals surface area contributed by atoms with E-state index < -0.39 is 11.9 Å². The minimum Gasteiger partial charge on any atom is -0.497 e. The molecule has 3 N–H and O–H groups in total. The molecule has 0 aliphatic carbocycles. The summed E-state index contributed by atoms with van der Waals surface area (Å²) < 4.78 is 10.2. The van der Waals surface area contributed by atoms with Gasteiger partial charge in [0.15, 0.2) is 0 Å². The third-order valence-corrected chi connectivity index (χ3v) is 7.43. The molecule has 3 aromatic heterocycles. The molecular weight excluding hydrogens is 472 g/mol. The van der Waals surface area contributed by atoms with E-state index in [1.807, 2.05) is 36.4 Å². The predicted molar refractivity (Wildman–Crippen MR) is 134 cm³/mol. The first kappa shape index (κ1) is 23.2. The molecule has 4 rings (SSSR count). The van der Waals surface area contributed by atoms with Gasteiger partial charge in [-0.1, -0.05) is 0 Å². The SMILES string of the molecule is CCOC(=O)c1sc(NC(=O)c2sc3nc(-c4ccc(OC)cc4)ccc3c2N)c(C#N)c1C. The summed E-state index contributed by atoms with van der Waals surface area (Å²) in [5, 5.41) is 13.2. The van der Waals surface area contributed by atoms with Crippen LogP contribution in [0.3, 0.4) is 0 Å². The number of pyridine rings is 1. The van der Waals surface area contributed by atoms with E-state index in [1.165, 1.54) is 0 Å². The maximum atomic E-state index is 13.1. The van der Waals surface area contributed by atoms with Crippen LogP contribution in [-0.4, -0.2) is 30.6 Å². The van der Waals surface area contributed by atoms with Crippen molar-refractivity contribution in [3.63, 3.8) is 0 Å². The number of hydrogen-bond acceptors (Lipinski definition) is 9. The summed E-state index contributed by atoms with van der Waals surface area (Å²) in [5.41, 5.74) is 8.91. The number of ether oxygens (including phenoxy) is 2. The summed E-state index contributed by atoms with van der Waals surface area (Å²) in [6.45, 7) is 3.56. The number of hydrogen-bond donors (Lipinski definition) is 2. The lowest BCUT2D eigenvalue weighted by Crippen LogP contribution is -2.11. The molecule has 0 aliphatic rings. The van der Waals surface area contributed by atoms with Gasteiger partial charge < -0.3 is 20.5 Å². The zero-order valence-electron chi connectivity index (χ0n) is 18.6. The number of carbonyl (C=O) groups excluding carboxylic acids is 2. The zero-order chi connectivity index (χ0) is 24.4. The van der Waals surface area contributed by atoms with Crippen LogP contribution in [0.15, 0.2) is 36.4 Å². The van der Waals surface area contributed by atoms with E-state index in [0.717, 1.165) is 39.7 Å². The number of nitrogens with two attached hydrogens (primary N) is 1. The van der Waals surface area contributed by atoms with Crippen molar-refractivity contribution in [2.45, 2.75) is 13.8 Å². The normalized spacial score (nSPS) is 10.6. The number of fused-ring (bicyclic) bond motifs is 1. The Hall–Kier alpha value is -3.94. The number of esters is 1. The summed E-state index contributed by atoms with van der Waals surface area (Å²) in [5.74, 6) is -0.255. The molecule has 8 nitrogen and oxygen atoms in total. The molecule has 0 saturated heterocycles. The summed E-state index contributed by atoms with van der Waals surface area (Å²) in [7, 11) is 1.61. The quantitative estimate of drug-likeness (QED) is 0.353. The van der Waals surface area contributed by atoms with Crippen molar-refractivity contribution in [3.05, 3.63) is 57.3 Å². The molecule has 1 aromatic carbocycles. The number of carbonyl (C=O) groups is 2. The second-order valence-electron chi connectivity index (χ2n) is 7.17. The lowest BCUT2D eigenvalue weighted by molar-refractivity contribution is 0.0531. The Morgan fingerprint density at radius 1 is 1.15 bits per heavy atom. The average Bonchev–Trinajstić information content (AvgIpc) is 3.35. The third-order valence-electron chi connectivity index (χ3n) is 5.13. The Kier molecular flexibility index (Phi) is 6.49. The van der Waals surface area contributed by atoms with Crippen LogP contribution in [0.4, 0.5) is 10.7 Å². The van der Waals surface area contributed by atoms with Gasteiger partial charge in [0.25, 0.3) is 5.91 Å². The van der Waals surface area contributed by atoms with Gasteiger partial charge in [-0.15, -0.1) is 22.7 Å². The van der Waals surface area contributed by atoms with Gasteiger partial charge in [0, 0.05) is 10.9 Å². The van der Waals surface area contributed by atoms with Crippen LogP contribution in [0, 0.1) is 18.3 Å². The summed E-state index contributed by atoms with van der Waals surface area (Å²) >= 11 is 2.17. The van der Waals surface area contributed by atoms with Crippen LogP contribution in [-0.2, 0) is 4.74 Å². The number of anilines is 2. The molecule has 1 amide bonds. The monoisotopic (exact) mass is 492 g/mol. The highest BCUT2D eigenvalue weighted by Crippen LogP contribution is 2.37. The smallest absolute Gasteiger partial charge is 0.348 e. The van der Waals surface area contributed by atoms with Crippen molar-refractivity contribution in [1.29, 1.82) is 5.26 Å². The molecular formula is C24H20N4O4S2. The van der Waals surface area contributed by atoms with Crippen LogP contribution >= 0.6 is 22.7 Å². The number of nitrogens with one attached hydrogen (secondary N) is 1. The first-order chi connectivity index (χ1) is 16.4. The Morgan fingerprint density at radius 2 is 1.88 bits per heavy atom. The average molecular weight is 493 g/mol. The fraction of sp³-hybridized carbons (Fsp3) is 0.167. The molecule has 3 heterocycles. The van der Waals surface area contributed by atoms with Crippen molar-refractivity contribution in [2.75, 3.05) is 24.8 Å². The first-order valence-electron chi connectivity index (χ1n) is 10.2. The van der Waals surface area contributed by atoms with Crippen molar-refractivity contribution in [2.24, 2.45) is 0 Å². The second kappa shape index (κ2) is 9.51. The van der Waals surface area contributed by atoms with E-state index in [1.54, 1.807) is 21.0 Å². The van der Waals surface area contributed by atoms with Gasteiger partial charge in [-0.3, -0.25) is 4.79 Å². The molecule has 0 unspecified atom stereocenters. The molecule has 0 radical (unpaired) electrons. The minimum atomic E-state index is -0.529. The van der Waals surface area contributed by atoms with E-state index in [2.05, 4.69) is 16.4 Å². The second-order valence-corrected chi connectivity index (χ2v) is 9.19. The number of nitrogens with zero attached hydrogens (tertiary/aromatic N) is 2. The zero-order valence-corrected chi connectivity index (χ0v) is 20.2. The number of benzene rings is 1. The van der Waals surface area contributed by atoms with Crippen LogP contribution in [0.1, 0.15) is 37.4 Å². The van der Waals surface area contributed by atoms with E-state index in [-0.39, 0.29) is 26.9 Å². The molecule has 0 spiro atoms. The van der Waals surface area contributed by atoms with Gasteiger partial charge >= 0.3 is 5.97 Å². The number of aromatic nitrogens is 1. The number of rotatable bonds is 6. The Bertz CT molecular complexity index is 1450. The van der Waals surface area contributed by atoms with Crippen molar-refractivity contribution in [3.8, 4) is 23.1 Å².